The molecular formula is C5H11IN4. The maximum Gasteiger partial charge on any atom is 0.221 e. The highest BCUT2D eigenvalue weighted by Gasteiger charge is 1.93. The molecule has 0 fully saturated rings. The molecule has 58 valence electrons. The van der Waals surface area contributed by atoms with Crippen LogP contribution in [0.15, 0.2) is 6.33 Å². The average molecular weight is 254 g/mol. The Balaban J connectivity index is 0.000000810. The monoisotopic (exact) mass is 254 g/mol. The van der Waals surface area contributed by atoms with Crippen LogP contribution in [0.5, 0.6) is 0 Å². The van der Waals surface area contributed by atoms with E-state index in [0.29, 0.717) is 5.95 Å². The summed E-state index contributed by atoms with van der Waals surface area (Å²) in [5.41, 5.74) is 5.42. The highest BCUT2D eigenvalue weighted by atomic mass is 127. The van der Waals surface area contributed by atoms with Crippen molar-refractivity contribution in [2.75, 3.05) is 5.73 Å². The number of hydrogen-bond acceptors (Lipinski definition) is 3. The summed E-state index contributed by atoms with van der Waals surface area (Å²) < 4.78 is 1.82. The third-order valence-corrected chi connectivity index (χ3v) is 1.11. The highest BCUT2D eigenvalue weighted by molar-refractivity contribution is 14.0. The Morgan fingerprint density at radius 1 is 1.70 bits per heavy atom. The molecular weight excluding hydrogens is 243 g/mol. The molecule has 0 spiro atoms. The van der Waals surface area contributed by atoms with E-state index in [2.05, 4.69) is 17.1 Å². The fourth-order valence-corrected chi connectivity index (χ4v) is 0.677. The molecule has 2 N–H and O–H groups in total. The lowest BCUT2D eigenvalue weighted by Crippen LogP contribution is -2.00. The van der Waals surface area contributed by atoms with Crippen LogP contribution >= 0.6 is 24.0 Å². The molecule has 0 bridgehead atoms. The van der Waals surface area contributed by atoms with Crippen molar-refractivity contribution in [3.8, 4) is 0 Å². The van der Waals surface area contributed by atoms with Gasteiger partial charge >= 0.3 is 0 Å². The summed E-state index contributed by atoms with van der Waals surface area (Å²) in [4.78, 5) is 0. The Kier molecular flexibility index (Phi) is 4.33. The van der Waals surface area contributed by atoms with Crippen LogP contribution in [0.25, 0.3) is 0 Å². The van der Waals surface area contributed by atoms with E-state index in [9.17, 15) is 0 Å². The number of rotatable bonds is 2. The van der Waals surface area contributed by atoms with Crippen LogP contribution in [0.4, 0.5) is 5.95 Å². The van der Waals surface area contributed by atoms with Gasteiger partial charge < -0.3 is 10.3 Å². The maximum atomic E-state index is 5.42. The van der Waals surface area contributed by atoms with Crippen molar-refractivity contribution in [2.45, 2.75) is 19.9 Å². The van der Waals surface area contributed by atoms with E-state index in [1.165, 1.54) is 0 Å². The Labute approximate surface area is 76.8 Å². The number of hydrogen-bond donors (Lipinski definition) is 1. The Bertz CT molecular complexity index is 186. The number of aromatic nitrogens is 3. The lowest BCUT2D eigenvalue weighted by atomic mass is 10.5. The number of nitrogens with zero attached hydrogens (tertiary/aromatic N) is 3. The van der Waals surface area contributed by atoms with Gasteiger partial charge in [-0.15, -0.1) is 34.2 Å². The minimum Gasteiger partial charge on any atom is -0.368 e. The van der Waals surface area contributed by atoms with Crippen molar-refractivity contribution >= 4 is 29.9 Å². The largest absolute Gasteiger partial charge is 0.368 e. The molecule has 0 amide bonds. The molecule has 0 atom stereocenters. The van der Waals surface area contributed by atoms with Gasteiger partial charge in [0.05, 0.1) is 0 Å². The second-order valence-electron chi connectivity index (χ2n) is 1.88. The van der Waals surface area contributed by atoms with Gasteiger partial charge in [0, 0.05) is 6.54 Å². The van der Waals surface area contributed by atoms with E-state index in [0.717, 1.165) is 13.0 Å². The number of aryl methyl sites for hydroxylation is 1. The summed E-state index contributed by atoms with van der Waals surface area (Å²) in [5, 5.41) is 7.25. The lowest BCUT2D eigenvalue weighted by molar-refractivity contribution is 0.685. The first-order valence-electron chi connectivity index (χ1n) is 2.98. The fraction of sp³-hybridized carbons (Fsp3) is 0.600. The molecule has 0 radical (unpaired) electrons. The zero-order valence-corrected chi connectivity index (χ0v) is 8.15. The van der Waals surface area contributed by atoms with Crippen molar-refractivity contribution in [3.63, 3.8) is 0 Å². The Morgan fingerprint density at radius 2 is 2.40 bits per heavy atom. The lowest BCUT2D eigenvalue weighted by Gasteiger charge is -1.96. The minimum absolute atomic E-state index is 0. The number of anilines is 1. The summed E-state index contributed by atoms with van der Waals surface area (Å²) in [6.07, 6.45) is 2.70. The van der Waals surface area contributed by atoms with E-state index in [-0.39, 0.29) is 24.0 Å². The quantitative estimate of drug-likeness (QED) is 0.797. The third-order valence-electron chi connectivity index (χ3n) is 1.11. The molecule has 0 aliphatic heterocycles. The second-order valence-corrected chi connectivity index (χ2v) is 1.88. The van der Waals surface area contributed by atoms with E-state index < -0.39 is 0 Å². The van der Waals surface area contributed by atoms with Gasteiger partial charge in [-0.2, -0.15) is 0 Å². The standard InChI is InChI=1S/C5H10N4.HI/c1-2-3-9-4-7-8-5(9)6;/h4H,2-3H2,1H3,(H2,6,8);1H. The summed E-state index contributed by atoms with van der Waals surface area (Å²) in [5.74, 6) is 0.497. The van der Waals surface area contributed by atoms with Gasteiger partial charge in [0.1, 0.15) is 6.33 Å². The van der Waals surface area contributed by atoms with Crippen LogP contribution in [0.2, 0.25) is 0 Å². The minimum atomic E-state index is 0. The smallest absolute Gasteiger partial charge is 0.221 e. The van der Waals surface area contributed by atoms with Crippen LogP contribution < -0.4 is 5.73 Å². The topological polar surface area (TPSA) is 56.7 Å². The van der Waals surface area contributed by atoms with Crippen LogP contribution in [0.1, 0.15) is 13.3 Å². The molecule has 1 rings (SSSR count). The maximum absolute atomic E-state index is 5.42. The van der Waals surface area contributed by atoms with Crippen molar-refractivity contribution in [3.05, 3.63) is 6.33 Å². The zero-order valence-electron chi connectivity index (χ0n) is 5.82. The van der Waals surface area contributed by atoms with Crippen LogP contribution in [-0.4, -0.2) is 14.8 Å². The van der Waals surface area contributed by atoms with Gasteiger partial charge in [-0.05, 0) is 6.42 Å². The summed E-state index contributed by atoms with van der Waals surface area (Å²) in [6, 6.07) is 0. The Hall–Kier alpha value is -0.330. The van der Waals surface area contributed by atoms with Crippen molar-refractivity contribution in [1.29, 1.82) is 0 Å². The first-order valence-corrected chi connectivity index (χ1v) is 2.98. The molecule has 0 saturated heterocycles. The first kappa shape index (κ1) is 9.67. The molecule has 5 heteroatoms. The normalized spacial score (nSPS) is 8.90. The van der Waals surface area contributed by atoms with E-state index >= 15 is 0 Å². The number of nitrogens with two attached hydrogens (primary N) is 1. The Morgan fingerprint density at radius 3 is 2.80 bits per heavy atom. The zero-order chi connectivity index (χ0) is 6.69. The van der Waals surface area contributed by atoms with Crippen molar-refractivity contribution in [2.24, 2.45) is 0 Å². The molecule has 0 saturated carbocycles. The predicted octanol–water partition coefficient (Wildman–Crippen LogP) is 0.888. The van der Waals surface area contributed by atoms with E-state index in [4.69, 9.17) is 5.73 Å². The molecule has 10 heavy (non-hydrogen) atoms. The summed E-state index contributed by atoms with van der Waals surface area (Å²) >= 11 is 0. The molecule has 0 unspecified atom stereocenters. The van der Waals surface area contributed by atoms with Gasteiger partial charge in [0.25, 0.3) is 0 Å². The second kappa shape index (κ2) is 4.48. The summed E-state index contributed by atoms with van der Waals surface area (Å²) in [6.45, 7) is 2.98. The van der Waals surface area contributed by atoms with Gasteiger partial charge in [0.15, 0.2) is 0 Å². The van der Waals surface area contributed by atoms with Crippen molar-refractivity contribution in [1.82, 2.24) is 14.8 Å². The van der Waals surface area contributed by atoms with Crippen LogP contribution in [-0.2, 0) is 6.54 Å². The van der Waals surface area contributed by atoms with Gasteiger partial charge in [0.2, 0.25) is 5.95 Å². The van der Waals surface area contributed by atoms with Crippen LogP contribution in [0.3, 0.4) is 0 Å². The third kappa shape index (κ3) is 2.13. The highest BCUT2D eigenvalue weighted by Crippen LogP contribution is 1.95. The SMILES string of the molecule is CCCn1cnnc1N.I. The van der Waals surface area contributed by atoms with Crippen molar-refractivity contribution < 1.29 is 0 Å². The summed E-state index contributed by atoms with van der Waals surface area (Å²) in [7, 11) is 0. The van der Waals surface area contributed by atoms with Crippen LogP contribution in [0, 0.1) is 0 Å². The fourth-order valence-electron chi connectivity index (χ4n) is 0.677. The molecule has 0 aromatic carbocycles. The average Bonchev–Trinajstić information content (AvgIpc) is 2.18. The van der Waals surface area contributed by atoms with E-state index in [1.807, 2.05) is 4.57 Å². The number of nitrogen functional groups attached to an aromatic ring is 1. The molecule has 4 nitrogen and oxygen atoms in total. The van der Waals surface area contributed by atoms with Gasteiger partial charge in [-0.25, -0.2) is 0 Å². The van der Waals surface area contributed by atoms with Gasteiger partial charge in [-0.3, -0.25) is 0 Å². The molecule has 1 heterocycles. The molecule has 1 aromatic rings. The molecule has 0 aliphatic rings. The molecule has 0 aliphatic carbocycles. The van der Waals surface area contributed by atoms with Gasteiger partial charge in [-0.1, -0.05) is 6.92 Å². The first-order chi connectivity index (χ1) is 4.34. The predicted molar refractivity (Wildman–Crippen MR) is 50.1 cm³/mol. The number of halogens is 1. The van der Waals surface area contributed by atoms with E-state index in [1.54, 1.807) is 6.33 Å². The molecule has 1 aromatic heterocycles.